The number of anilines is 1. The highest BCUT2D eigenvalue weighted by atomic mass is 16.5. The van der Waals surface area contributed by atoms with Crippen molar-refractivity contribution in [1.29, 1.82) is 0 Å². The molecule has 1 atom stereocenters. The molecular weight excluding hydrogens is 288 g/mol. The van der Waals surface area contributed by atoms with Crippen LogP contribution in [-0.4, -0.2) is 36.4 Å². The second-order valence-corrected chi connectivity index (χ2v) is 5.97. The van der Waals surface area contributed by atoms with Gasteiger partial charge in [-0.05, 0) is 58.0 Å². The molecule has 0 saturated carbocycles. The number of nitrogens with zero attached hydrogens (tertiary/aromatic N) is 1. The van der Waals surface area contributed by atoms with E-state index in [1.807, 2.05) is 19.9 Å². The molecule has 0 aliphatic carbocycles. The lowest BCUT2D eigenvalue weighted by atomic mass is 10.0. The van der Waals surface area contributed by atoms with E-state index in [0.717, 1.165) is 38.8 Å². The van der Waals surface area contributed by atoms with Crippen LogP contribution in [0.2, 0.25) is 0 Å². The van der Waals surface area contributed by atoms with E-state index in [1.165, 1.54) is 0 Å². The minimum absolute atomic E-state index is 0.120. The second kappa shape index (κ2) is 10.3. The Morgan fingerprint density at radius 3 is 2.26 bits per heavy atom. The summed E-state index contributed by atoms with van der Waals surface area (Å²) >= 11 is 0. The van der Waals surface area contributed by atoms with Gasteiger partial charge in [-0.25, -0.2) is 0 Å². The molecule has 0 aliphatic heterocycles. The number of Topliss-reactive ketones (excluding diaryl/α,β-unsaturated/α-hetero) is 1. The molecule has 0 radical (unpaired) electrons. The molecule has 0 heterocycles. The van der Waals surface area contributed by atoms with Gasteiger partial charge in [-0.2, -0.15) is 0 Å². The summed E-state index contributed by atoms with van der Waals surface area (Å²) in [6.45, 7) is 10.8. The Bertz CT molecular complexity index is 480. The first kappa shape index (κ1) is 19.5. The number of ether oxygens (including phenoxy) is 1. The van der Waals surface area contributed by atoms with Crippen molar-refractivity contribution < 1.29 is 9.53 Å². The SMILES string of the molecule is CCCCN(CCCC)C(C)C(=O)c1ccc(OCC)c(N)c1. The third-order valence-corrected chi connectivity index (χ3v) is 4.12. The van der Waals surface area contributed by atoms with Crippen LogP contribution in [0.1, 0.15) is 63.7 Å². The number of unbranched alkanes of at least 4 members (excludes halogenated alkanes) is 2. The van der Waals surface area contributed by atoms with E-state index < -0.39 is 0 Å². The Hall–Kier alpha value is -1.55. The van der Waals surface area contributed by atoms with Gasteiger partial charge in [0.15, 0.2) is 5.78 Å². The topological polar surface area (TPSA) is 55.6 Å². The molecule has 0 aliphatic rings. The van der Waals surface area contributed by atoms with Crippen LogP contribution in [0.15, 0.2) is 18.2 Å². The zero-order valence-electron chi connectivity index (χ0n) is 15.1. The van der Waals surface area contributed by atoms with Crippen molar-refractivity contribution in [3.8, 4) is 5.75 Å². The molecule has 2 N–H and O–H groups in total. The summed E-state index contributed by atoms with van der Waals surface area (Å²) in [6.07, 6.45) is 4.51. The van der Waals surface area contributed by atoms with E-state index in [0.29, 0.717) is 23.6 Å². The van der Waals surface area contributed by atoms with E-state index in [4.69, 9.17) is 10.5 Å². The fourth-order valence-electron chi connectivity index (χ4n) is 2.62. The quantitative estimate of drug-likeness (QED) is 0.492. The lowest BCUT2D eigenvalue weighted by molar-refractivity contribution is 0.0833. The number of rotatable bonds is 11. The third-order valence-electron chi connectivity index (χ3n) is 4.12. The van der Waals surface area contributed by atoms with Crippen LogP contribution in [0.25, 0.3) is 0 Å². The Kier molecular flexibility index (Phi) is 8.70. The fourth-order valence-corrected chi connectivity index (χ4v) is 2.62. The number of carbonyl (C=O) groups excluding carboxylic acids is 1. The van der Waals surface area contributed by atoms with E-state index in [1.54, 1.807) is 12.1 Å². The Morgan fingerprint density at radius 1 is 1.17 bits per heavy atom. The van der Waals surface area contributed by atoms with Gasteiger partial charge in [0.1, 0.15) is 5.75 Å². The molecule has 0 amide bonds. The Morgan fingerprint density at radius 2 is 1.78 bits per heavy atom. The smallest absolute Gasteiger partial charge is 0.179 e. The van der Waals surface area contributed by atoms with Crippen molar-refractivity contribution in [1.82, 2.24) is 4.90 Å². The Labute approximate surface area is 141 Å². The van der Waals surface area contributed by atoms with E-state index in [9.17, 15) is 4.79 Å². The lowest BCUT2D eigenvalue weighted by Gasteiger charge is -2.28. The molecule has 23 heavy (non-hydrogen) atoms. The number of ketones is 1. The molecule has 1 aromatic rings. The van der Waals surface area contributed by atoms with E-state index in [2.05, 4.69) is 18.7 Å². The van der Waals surface area contributed by atoms with Gasteiger partial charge in [-0.3, -0.25) is 9.69 Å². The normalized spacial score (nSPS) is 12.4. The van der Waals surface area contributed by atoms with Crippen molar-refractivity contribution >= 4 is 11.5 Å². The number of benzene rings is 1. The molecule has 1 unspecified atom stereocenters. The summed E-state index contributed by atoms with van der Waals surface area (Å²) in [5, 5.41) is 0. The van der Waals surface area contributed by atoms with Crippen molar-refractivity contribution in [2.75, 3.05) is 25.4 Å². The van der Waals surface area contributed by atoms with Gasteiger partial charge in [0.2, 0.25) is 0 Å². The maximum atomic E-state index is 12.8. The van der Waals surface area contributed by atoms with Crippen molar-refractivity contribution in [2.45, 2.75) is 59.4 Å². The number of hydrogen-bond donors (Lipinski definition) is 1. The van der Waals surface area contributed by atoms with Crippen LogP contribution in [0.5, 0.6) is 5.75 Å². The second-order valence-electron chi connectivity index (χ2n) is 5.97. The molecule has 4 nitrogen and oxygen atoms in total. The number of nitrogens with two attached hydrogens (primary N) is 1. The molecular formula is C19H32N2O2. The number of nitrogen functional groups attached to an aromatic ring is 1. The monoisotopic (exact) mass is 320 g/mol. The molecule has 0 fully saturated rings. The van der Waals surface area contributed by atoms with Crippen LogP contribution in [0, 0.1) is 0 Å². The first-order valence-corrected chi connectivity index (χ1v) is 8.85. The fraction of sp³-hybridized carbons (Fsp3) is 0.632. The summed E-state index contributed by atoms with van der Waals surface area (Å²) in [5.41, 5.74) is 7.18. The largest absolute Gasteiger partial charge is 0.492 e. The summed E-state index contributed by atoms with van der Waals surface area (Å²) < 4.78 is 5.44. The summed E-state index contributed by atoms with van der Waals surface area (Å²) in [7, 11) is 0. The minimum atomic E-state index is -0.120. The lowest BCUT2D eigenvalue weighted by Crippen LogP contribution is -2.40. The van der Waals surface area contributed by atoms with Crippen molar-refractivity contribution in [3.05, 3.63) is 23.8 Å². The molecule has 0 aromatic heterocycles. The minimum Gasteiger partial charge on any atom is -0.492 e. The van der Waals surface area contributed by atoms with Crippen LogP contribution in [0.4, 0.5) is 5.69 Å². The summed E-state index contributed by atoms with van der Waals surface area (Å²) in [5.74, 6) is 0.775. The molecule has 1 rings (SSSR count). The first-order valence-electron chi connectivity index (χ1n) is 8.85. The summed E-state index contributed by atoms with van der Waals surface area (Å²) in [6, 6.07) is 5.23. The Balaban J connectivity index is 2.84. The highest BCUT2D eigenvalue weighted by molar-refractivity contribution is 6.00. The maximum Gasteiger partial charge on any atom is 0.179 e. The average molecular weight is 320 g/mol. The predicted octanol–water partition coefficient (Wildman–Crippen LogP) is 4.14. The molecule has 1 aromatic carbocycles. The molecule has 0 spiro atoms. The van der Waals surface area contributed by atoms with Gasteiger partial charge in [0.05, 0.1) is 18.3 Å². The average Bonchev–Trinajstić information content (AvgIpc) is 2.55. The standard InChI is InChI=1S/C19H32N2O2/c1-5-8-12-21(13-9-6-2)15(4)19(22)16-10-11-18(23-7-3)17(20)14-16/h10-11,14-15H,5-9,12-13,20H2,1-4H3. The number of carbonyl (C=O) groups is 1. The van der Waals surface area contributed by atoms with Gasteiger partial charge in [-0.15, -0.1) is 0 Å². The zero-order valence-corrected chi connectivity index (χ0v) is 15.1. The highest BCUT2D eigenvalue weighted by Gasteiger charge is 2.22. The van der Waals surface area contributed by atoms with Crippen molar-refractivity contribution in [2.24, 2.45) is 0 Å². The molecule has 0 saturated heterocycles. The molecule has 4 heteroatoms. The van der Waals surface area contributed by atoms with Crippen LogP contribution < -0.4 is 10.5 Å². The highest BCUT2D eigenvalue weighted by Crippen LogP contribution is 2.24. The van der Waals surface area contributed by atoms with Gasteiger partial charge < -0.3 is 10.5 Å². The predicted molar refractivity (Wildman–Crippen MR) is 97.2 cm³/mol. The first-order chi connectivity index (χ1) is 11.0. The van der Waals surface area contributed by atoms with Crippen LogP contribution in [0.3, 0.4) is 0 Å². The molecule has 0 bridgehead atoms. The van der Waals surface area contributed by atoms with Crippen molar-refractivity contribution in [3.63, 3.8) is 0 Å². The van der Waals surface area contributed by atoms with Gasteiger partial charge in [-0.1, -0.05) is 26.7 Å². The van der Waals surface area contributed by atoms with Crippen LogP contribution in [-0.2, 0) is 0 Å². The number of hydrogen-bond acceptors (Lipinski definition) is 4. The van der Waals surface area contributed by atoms with Crippen LogP contribution >= 0.6 is 0 Å². The maximum absolute atomic E-state index is 12.8. The molecule has 130 valence electrons. The zero-order chi connectivity index (χ0) is 17.2. The van der Waals surface area contributed by atoms with E-state index in [-0.39, 0.29) is 11.8 Å². The third kappa shape index (κ3) is 5.87. The van der Waals surface area contributed by atoms with Gasteiger partial charge in [0.25, 0.3) is 0 Å². The van der Waals surface area contributed by atoms with E-state index >= 15 is 0 Å². The summed E-state index contributed by atoms with van der Waals surface area (Å²) in [4.78, 5) is 15.1. The van der Waals surface area contributed by atoms with Gasteiger partial charge in [0, 0.05) is 5.56 Å². The van der Waals surface area contributed by atoms with Gasteiger partial charge >= 0.3 is 0 Å².